The first-order valence-corrected chi connectivity index (χ1v) is 9.48. The van der Waals surface area contributed by atoms with Crippen LogP contribution in [0.15, 0.2) is 96.2 Å². The highest BCUT2D eigenvalue weighted by atomic mass is 19.1. The van der Waals surface area contributed by atoms with Crippen LogP contribution in [0.1, 0.15) is 0 Å². The first-order valence-electron chi connectivity index (χ1n) is 9.48. The molecule has 0 saturated heterocycles. The zero-order valence-corrected chi connectivity index (χ0v) is 16.1. The van der Waals surface area contributed by atoms with Gasteiger partial charge in [0.2, 0.25) is 5.43 Å². The molecule has 0 N–H and O–H groups in total. The van der Waals surface area contributed by atoms with Gasteiger partial charge in [0, 0.05) is 24.0 Å². The Morgan fingerprint density at radius 3 is 2.52 bits per heavy atom. The predicted octanol–water partition coefficient (Wildman–Crippen LogP) is 3.68. The molecule has 8 heteroatoms. The summed E-state index contributed by atoms with van der Waals surface area (Å²) < 4.78 is 17.9. The van der Waals surface area contributed by atoms with Gasteiger partial charge in [0.15, 0.2) is 5.69 Å². The number of nitrogens with zero attached hydrogens (tertiary/aromatic N) is 6. The van der Waals surface area contributed by atoms with Crippen molar-refractivity contribution < 1.29 is 4.39 Å². The van der Waals surface area contributed by atoms with Crippen LogP contribution in [0, 0.1) is 5.82 Å². The lowest BCUT2D eigenvalue weighted by atomic mass is 10.1. The molecule has 5 rings (SSSR count). The number of para-hydroxylation sites is 1. The molecule has 0 aliphatic carbocycles. The Bertz CT molecular complexity index is 1410. The van der Waals surface area contributed by atoms with E-state index >= 15 is 0 Å². The number of hydrogen-bond donors (Lipinski definition) is 0. The molecule has 0 aliphatic rings. The lowest BCUT2D eigenvalue weighted by Gasteiger charge is -2.11. The van der Waals surface area contributed by atoms with Crippen molar-refractivity contribution >= 4 is 0 Å². The van der Waals surface area contributed by atoms with Crippen molar-refractivity contribution in [1.82, 2.24) is 29.8 Å². The van der Waals surface area contributed by atoms with E-state index in [0.29, 0.717) is 17.0 Å². The zero-order valence-electron chi connectivity index (χ0n) is 16.1. The van der Waals surface area contributed by atoms with Gasteiger partial charge in [-0.25, -0.2) is 13.8 Å². The molecule has 150 valence electrons. The molecule has 0 atom stereocenters. The summed E-state index contributed by atoms with van der Waals surface area (Å²) in [5.74, 6) is -0.498. The summed E-state index contributed by atoms with van der Waals surface area (Å²) in [4.78, 5) is 12.6. The number of rotatable bonds is 4. The molecule has 2 aromatic carbocycles. The van der Waals surface area contributed by atoms with Gasteiger partial charge in [-0.05, 0) is 42.5 Å². The van der Waals surface area contributed by atoms with Gasteiger partial charge in [0.25, 0.3) is 0 Å². The van der Waals surface area contributed by atoms with Crippen LogP contribution < -0.4 is 5.43 Å². The number of halogens is 1. The van der Waals surface area contributed by atoms with E-state index in [4.69, 9.17) is 0 Å². The number of benzene rings is 2. The van der Waals surface area contributed by atoms with Crippen LogP contribution in [0.2, 0.25) is 0 Å². The number of aromatic nitrogens is 6. The third-order valence-electron chi connectivity index (χ3n) is 4.76. The van der Waals surface area contributed by atoms with Crippen LogP contribution >= 0.6 is 0 Å². The molecule has 0 spiro atoms. The summed E-state index contributed by atoms with van der Waals surface area (Å²) in [6, 6.07) is 20.7. The average molecular weight is 410 g/mol. The second-order valence-corrected chi connectivity index (χ2v) is 6.71. The van der Waals surface area contributed by atoms with E-state index in [-0.39, 0.29) is 16.8 Å². The van der Waals surface area contributed by atoms with Crippen molar-refractivity contribution in [2.75, 3.05) is 0 Å². The lowest BCUT2D eigenvalue weighted by Crippen LogP contribution is -2.15. The molecule has 0 unspecified atom stereocenters. The van der Waals surface area contributed by atoms with E-state index in [0.717, 1.165) is 5.69 Å². The van der Waals surface area contributed by atoms with Crippen molar-refractivity contribution in [2.24, 2.45) is 0 Å². The normalized spacial score (nSPS) is 10.9. The smallest absolute Gasteiger partial charge is 0.209 e. The molecule has 0 amide bonds. The molecular formula is C23H15FN6O. The van der Waals surface area contributed by atoms with Crippen LogP contribution in [-0.4, -0.2) is 29.8 Å². The molecule has 7 nitrogen and oxygen atoms in total. The Hall–Kier alpha value is -4.46. The Morgan fingerprint density at radius 1 is 0.871 bits per heavy atom. The van der Waals surface area contributed by atoms with Gasteiger partial charge in [-0.3, -0.25) is 4.79 Å². The van der Waals surface area contributed by atoms with E-state index in [1.165, 1.54) is 23.0 Å². The van der Waals surface area contributed by atoms with Crippen molar-refractivity contribution in [3.8, 4) is 34.0 Å². The fourth-order valence-electron chi connectivity index (χ4n) is 3.28. The fraction of sp³-hybridized carbons (Fsp3) is 0. The van der Waals surface area contributed by atoms with Gasteiger partial charge in [-0.15, -0.1) is 0 Å². The molecule has 0 fully saturated rings. The van der Waals surface area contributed by atoms with Gasteiger partial charge in [-0.2, -0.15) is 20.4 Å². The lowest BCUT2D eigenvalue weighted by molar-refractivity contribution is 0.609. The summed E-state index contributed by atoms with van der Waals surface area (Å²) in [6.45, 7) is 0. The maximum absolute atomic E-state index is 14.9. The van der Waals surface area contributed by atoms with Crippen LogP contribution in [0.4, 0.5) is 4.39 Å². The highest BCUT2D eigenvalue weighted by Gasteiger charge is 2.15. The largest absolute Gasteiger partial charge is 0.287 e. The molecule has 0 radical (unpaired) electrons. The molecule has 0 saturated carbocycles. The molecule has 0 aliphatic heterocycles. The van der Waals surface area contributed by atoms with Crippen molar-refractivity contribution in [1.29, 1.82) is 0 Å². The highest BCUT2D eigenvalue weighted by Crippen LogP contribution is 2.22. The Balaban J connectivity index is 1.58. The van der Waals surface area contributed by atoms with E-state index in [1.54, 1.807) is 47.4 Å². The van der Waals surface area contributed by atoms with Gasteiger partial charge >= 0.3 is 0 Å². The average Bonchev–Trinajstić information content (AvgIpc) is 3.30. The molecule has 5 aromatic rings. The molecule has 3 heterocycles. The van der Waals surface area contributed by atoms with Crippen LogP contribution in [-0.2, 0) is 0 Å². The molecule has 3 aromatic heterocycles. The quantitative estimate of drug-likeness (QED) is 0.452. The van der Waals surface area contributed by atoms with E-state index in [1.807, 2.05) is 30.3 Å². The van der Waals surface area contributed by atoms with E-state index in [9.17, 15) is 9.18 Å². The van der Waals surface area contributed by atoms with Gasteiger partial charge in [0.05, 0.1) is 23.3 Å². The Kier molecular flexibility index (Phi) is 4.64. The minimum atomic E-state index is -0.498. The Morgan fingerprint density at radius 2 is 1.74 bits per heavy atom. The minimum absolute atomic E-state index is 0.168. The molecule has 31 heavy (non-hydrogen) atoms. The van der Waals surface area contributed by atoms with Gasteiger partial charge in [0.1, 0.15) is 11.5 Å². The second-order valence-electron chi connectivity index (χ2n) is 6.71. The van der Waals surface area contributed by atoms with Gasteiger partial charge in [-0.1, -0.05) is 24.3 Å². The zero-order chi connectivity index (χ0) is 21.2. The summed E-state index contributed by atoms with van der Waals surface area (Å²) in [7, 11) is 0. The standard InChI is InChI=1S/C23H15FN6O/c24-18-15-16(19-7-4-12-25-27-19)8-9-20(18)29-14-11-22(31)23(28-29)21-10-13-26-30(21)17-5-2-1-3-6-17/h1-15H. The fourth-order valence-corrected chi connectivity index (χ4v) is 3.28. The third kappa shape index (κ3) is 3.51. The molecule has 0 bridgehead atoms. The highest BCUT2D eigenvalue weighted by molar-refractivity contribution is 5.61. The summed E-state index contributed by atoms with van der Waals surface area (Å²) in [6.07, 6.45) is 4.59. The van der Waals surface area contributed by atoms with Crippen LogP contribution in [0.5, 0.6) is 0 Å². The van der Waals surface area contributed by atoms with E-state index in [2.05, 4.69) is 20.4 Å². The van der Waals surface area contributed by atoms with Crippen molar-refractivity contribution in [2.45, 2.75) is 0 Å². The summed E-state index contributed by atoms with van der Waals surface area (Å²) in [5.41, 5.74) is 2.55. The Labute approximate surface area is 176 Å². The first kappa shape index (κ1) is 18.6. The van der Waals surface area contributed by atoms with Crippen LogP contribution in [0.25, 0.3) is 34.0 Å². The maximum atomic E-state index is 14.9. The summed E-state index contributed by atoms with van der Waals surface area (Å²) in [5, 5.41) is 16.5. The minimum Gasteiger partial charge on any atom is -0.287 e. The van der Waals surface area contributed by atoms with E-state index < -0.39 is 5.82 Å². The number of hydrogen-bond acceptors (Lipinski definition) is 5. The monoisotopic (exact) mass is 410 g/mol. The van der Waals surface area contributed by atoms with Crippen molar-refractivity contribution in [3.05, 3.63) is 107 Å². The second kappa shape index (κ2) is 7.75. The SMILES string of the molecule is O=c1ccn(-c2ccc(-c3cccnn3)cc2F)nc1-c1ccnn1-c1ccccc1. The molecular weight excluding hydrogens is 395 g/mol. The van der Waals surface area contributed by atoms with Crippen molar-refractivity contribution in [3.63, 3.8) is 0 Å². The first-order chi connectivity index (χ1) is 15.2. The topological polar surface area (TPSA) is 78.5 Å². The third-order valence-corrected chi connectivity index (χ3v) is 4.76. The summed E-state index contributed by atoms with van der Waals surface area (Å²) >= 11 is 0. The maximum Gasteiger partial charge on any atom is 0.209 e. The van der Waals surface area contributed by atoms with Gasteiger partial charge < -0.3 is 0 Å². The van der Waals surface area contributed by atoms with Crippen LogP contribution in [0.3, 0.4) is 0 Å². The predicted molar refractivity (Wildman–Crippen MR) is 113 cm³/mol.